The molecular weight excluding hydrogens is 608 g/mol. The molecular formula is C36H42N8O4+2. The summed E-state index contributed by atoms with van der Waals surface area (Å²) < 4.78 is 0. The molecule has 0 bridgehead atoms. The van der Waals surface area contributed by atoms with Crippen LogP contribution in [0.2, 0.25) is 0 Å². The Bertz CT molecular complexity index is 1830. The maximum atomic E-state index is 13.9. The first-order valence-electron chi connectivity index (χ1n) is 16.7. The van der Waals surface area contributed by atoms with Gasteiger partial charge in [0.1, 0.15) is 0 Å². The largest absolute Gasteiger partial charge is 0.357 e. The van der Waals surface area contributed by atoms with Gasteiger partial charge >= 0.3 is 0 Å². The zero-order valence-corrected chi connectivity index (χ0v) is 27.1. The number of amides is 4. The number of carbonyl (C=O) groups is 4. The fraction of sp³-hybridized carbons (Fsp3) is 0.333. The van der Waals surface area contributed by atoms with Crippen LogP contribution in [0.5, 0.6) is 0 Å². The SMILES string of the molecule is NCCN(CCN)CCN1C(=O)c2ccc3c4ccc5c6c(ccc(c7ccc(c2c37)C1=O)c64)C(=O)N(CCN(CC[NH3+])CC[NH3+])C5=O. The average Bonchev–Trinajstić information content (AvgIpc) is 3.09. The van der Waals surface area contributed by atoms with Crippen molar-refractivity contribution in [3.8, 4) is 0 Å². The summed E-state index contributed by atoms with van der Waals surface area (Å²) >= 11 is 0. The fourth-order valence-electron chi connectivity index (χ4n) is 7.74. The highest BCUT2D eigenvalue weighted by Crippen LogP contribution is 2.46. The van der Waals surface area contributed by atoms with Crippen molar-refractivity contribution in [2.24, 2.45) is 11.5 Å². The van der Waals surface area contributed by atoms with Gasteiger partial charge in [-0.2, -0.15) is 0 Å². The number of quaternary nitrogens is 2. The minimum atomic E-state index is -0.326. The molecule has 0 radical (unpaired) electrons. The van der Waals surface area contributed by atoms with Crippen LogP contribution in [0.25, 0.3) is 43.1 Å². The number of imide groups is 2. The van der Waals surface area contributed by atoms with E-state index >= 15 is 0 Å². The van der Waals surface area contributed by atoms with Gasteiger partial charge < -0.3 is 22.9 Å². The van der Waals surface area contributed by atoms with E-state index in [2.05, 4.69) is 21.3 Å². The number of hydrogen-bond donors (Lipinski definition) is 4. The predicted molar refractivity (Wildman–Crippen MR) is 185 cm³/mol. The molecule has 0 saturated carbocycles. The van der Waals surface area contributed by atoms with Crippen LogP contribution in [0.4, 0.5) is 0 Å². The van der Waals surface area contributed by atoms with E-state index in [1.54, 1.807) is 12.1 Å². The van der Waals surface area contributed by atoms with Crippen LogP contribution in [0.15, 0.2) is 48.5 Å². The number of benzene rings is 5. The van der Waals surface area contributed by atoms with Gasteiger partial charge in [-0.1, -0.05) is 24.3 Å². The Morgan fingerprint density at radius 3 is 1.06 bits per heavy atom. The summed E-state index contributed by atoms with van der Waals surface area (Å²) in [5.74, 6) is -1.26. The quantitative estimate of drug-likeness (QED) is 0.0730. The van der Waals surface area contributed by atoms with Crippen LogP contribution >= 0.6 is 0 Å². The van der Waals surface area contributed by atoms with Gasteiger partial charge in [-0.25, -0.2) is 0 Å². The predicted octanol–water partition coefficient (Wildman–Crippen LogP) is -0.0656. The van der Waals surface area contributed by atoms with Crippen LogP contribution in [-0.4, -0.2) is 122 Å². The van der Waals surface area contributed by atoms with E-state index in [0.29, 0.717) is 72.3 Å². The topological polar surface area (TPSA) is 189 Å². The lowest BCUT2D eigenvalue weighted by atomic mass is 9.82. The van der Waals surface area contributed by atoms with E-state index in [1.165, 1.54) is 9.80 Å². The normalized spacial score (nSPS) is 14.9. The van der Waals surface area contributed by atoms with Gasteiger partial charge in [0.25, 0.3) is 23.6 Å². The van der Waals surface area contributed by atoms with Gasteiger partial charge in [-0.3, -0.25) is 38.8 Å². The van der Waals surface area contributed by atoms with Crippen LogP contribution < -0.4 is 22.9 Å². The number of nitrogens with zero attached hydrogens (tertiary/aromatic N) is 4. The van der Waals surface area contributed by atoms with Gasteiger partial charge in [0.05, 0.1) is 13.1 Å². The molecule has 5 aromatic rings. The summed E-state index contributed by atoms with van der Waals surface area (Å²) in [6.45, 7) is 6.75. The Labute approximate surface area is 277 Å². The van der Waals surface area contributed by atoms with E-state index in [9.17, 15) is 19.2 Å². The summed E-state index contributed by atoms with van der Waals surface area (Å²) in [5.41, 5.74) is 21.4. The van der Waals surface area contributed by atoms with Crippen molar-refractivity contribution < 1.29 is 30.6 Å². The Balaban J connectivity index is 1.32. The second kappa shape index (κ2) is 12.8. The van der Waals surface area contributed by atoms with E-state index in [-0.39, 0.29) is 36.7 Å². The molecule has 2 aliphatic rings. The van der Waals surface area contributed by atoms with Gasteiger partial charge in [0, 0.05) is 98.5 Å². The highest BCUT2D eigenvalue weighted by Gasteiger charge is 2.37. The standard InChI is InChI=1S/C36H40N8O4/c37-9-13-41(14-10-38)17-19-43-33(45)25-5-1-21-22-2-6-27-32-28(36(48)44(35(27)47)20-18-42(15-11-39)16-12-40)8-4-24(30(22)32)23-3-7-26(34(43)46)31(25)29(21)23/h1-8H,9-20,37-40H2/p+2. The Kier molecular flexibility index (Phi) is 8.54. The second-order valence-corrected chi connectivity index (χ2v) is 12.6. The maximum Gasteiger partial charge on any atom is 0.261 e. The van der Waals surface area contributed by atoms with Crippen molar-refractivity contribution in [3.05, 3.63) is 70.8 Å². The molecule has 7 rings (SSSR count). The van der Waals surface area contributed by atoms with Crippen molar-refractivity contribution in [1.29, 1.82) is 0 Å². The number of carbonyl (C=O) groups excluding carboxylic acids is 4. The van der Waals surface area contributed by atoms with Gasteiger partial charge in [0.15, 0.2) is 0 Å². The molecule has 4 amide bonds. The molecule has 2 heterocycles. The van der Waals surface area contributed by atoms with Crippen molar-refractivity contribution in [3.63, 3.8) is 0 Å². The molecule has 48 heavy (non-hydrogen) atoms. The lowest BCUT2D eigenvalue weighted by Gasteiger charge is -2.31. The molecule has 5 aromatic carbocycles. The third-order valence-corrected chi connectivity index (χ3v) is 9.92. The zero-order chi connectivity index (χ0) is 33.7. The van der Waals surface area contributed by atoms with Crippen molar-refractivity contribution >= 4 is 66.7 Å². The number of fused-ring (bicyclic) bond motifs is 2. The highest BCUT2D eigenvalue weighted by molar-refractivity contribution is 6.41. The third kappa shape index (κ3) is 4.91. The lowest BCUT2D eigenvalue weighted by molar-refractivity contribution is -0.378. The average molecular weight is 651 g/mol. The molecule has 0 unspecified atom stereocenters. The maximum absolute atomic E-state index is 13.9. The van der Waals surface area contributed by atoms with Gasteiger partial charge in [-0.05, 0) is 56.6 Å². The molecule has 10 N–H and O–H groups in total. The Hall–Kier alpha value is -4.56. The van der Waals surface area contributed by atoms with Crippen LogP contribution in [0.3, 0.4) is 0 Å². The molecule has 0 atom stereocenters. The zero-order valence-electron chi connectivity index (χ0n) is 27.1. The lowest BCUT2D eigenvalue weighted by Crippen LogP contribution is -2.59. The third-order valence-electron chi connectivity index (χ3n) is 9.92. The van der Waals surface area contributed by atoms with E-state index < -0.39 is 0 Å². The van der Waals surface area contributed by atoms with Gasteiger partial charge in [0.2, 0.25) is 0 Å². The molecule has 0 aliphatic carbocycles. The smallest absolute Gasteiger partial charge is 0.261 e. The summed E-state index contributed by atoms with van der Waals surface area (Å²) in [4.78, 5) is 62.4. The fourth-order valence-corrected chi connectivity index (χ4v) is 7.74. The Morgan fingerprint density at radius 2 is 0.771 bits per heavy atom. The first kappa shape index (κ1) is 32.0. The highest BCUT2D eigenvalue weighted by atomic mass is 16.2. The van der Waals surface area contributed by atoms with Gasteiger partial charge in [-0.15, -0.1) is 0 Å². The summed E-state index contributed by atoms with van der Waals surface area (Å²) in [6, 6.07) is 14.9. The van der Waals surface area contributed by atoms with Crippen molar-refractivity contribution in [2.45, 2.75) is 0 Å². The van der Waals surface area contributed by atoms with Crippen LogP contribution in [0.1, 0.15) is 41.4 Å². The van der Waals surface area contributed by atoms with E-state index in [4.69, 9.17) is 11.5 Å². The minimum absolute atomic E-state index is 0.235. The first-order chi connectivity index (χ1) is 23.3. The molecule has 2 aliphatic heterocycles. The van der Waals surface area contributed by atoms with E-state index in [0.717, 1.165) is 58.5 Å². The second-order valence-electron chi connectivity index (χ2n) is 12.6. The number of hydrogen-bond acceptors (Lipinski definition) is 8. The summed E-state index contributed by atoms with van der Waals surface area (Å²) in [6.07, 6.45) is 0. The van der Waals surface area contributed by atoms with Crippen LogP contribution in [-0.2, 0) is 0 Å². The Morgan fingerprint density at radius 1 is 0.458 bits per heavy atom. The van der Waals surface area contributed by atoms with Crippen molar-refractivity contribution in [1.82, 2.24) is 19.6 Å². The monoisotopic (exact) mass is 650 g/mol. The molecule has 0 fully saturated rings. The first-order valence-corrected chi connectivity index (χ1v) is 16.7. The van der Waals surface area contributed by atoms with E-state index in [1.807, 2.05) is 36.4 Å². The number of nitrogens with two attached hydrogens (primary N) is 2. The molecule has 0 aromatic heterocycles. The molecule has 12 nitrogen and oxygen atoms in total. The number of rotatable bonds is 14. The molecule has 248 valence electrons. The molecule has 0 spiro atoms. The summed E-state index contributed by atoms with van der Waals surface area (Å²) in [5, 5.41) is 6.45. The van der Waals surface area contributed by atoms with Crippen LogP contribution in [0, 0.1) is 0 Å². The minimum Gasteiger partial charge on any atom is -0.357 e. The summed E-state index contributed by atoms with van der Waals surface area (Å²) in [7, 11) is 0. The van der Waals surface area contributed by atoms with Crippen molar-refractivity contribution in [2.75, 3.05) is 78.5 Å². The molecule has 0 saturated heterocycles. The molecule has 12 heteroatoms.